The minimum Gasteiger partial charge on any atom is -0.457 e. The molecule has 1 aromatic heterocycles. The first-order chi connectivity index (χ1) is 15.1. The Morgan fingerprint density at radius 2 is 1.61 bits per heavy atom. The van der Waals surface area contributed by atoms with Crippen LogP contribution in [0.2, 0.25) is 0 Å². The second-order valence-electron chi connectivity index (χ2n) is 6.64. The summed E-state index contributed by atoms with van der Waals surface area (Å²) in [5.41, 5.74) is 7.99. The lowest BCUT2D eigenvalue weighted by Crippen LogP contribution is -2.01. The van der Waals surface area contributed by atoms with Crippen LogP contribution in [0.25, 0.3) is 22.4 Å². The summed E-state index contributed by atoms with van der Waals surface area (Å²) in [5.74, 6) is 1.26. The SMILES string of the molecule is N#Cc1c(-c2cccc(Oc3ccccc3)c2)cc(-c2ccccc2[N+](=O)[O-])nc1N. The number of rotatable bonds is 5. The van der Waals surface area contributed by atoms with Crippen molar-refractivity contribution in [3.63, 3.8) is 0 Å². The highest BCUT2D eigenvalue weighted by Gasteiger charge is 2.19. The summed E-state index contributed by atoms with van der Waals surface area (Å²) < 4.78 is 5.89. The van der Waals surface area contributed by atoms with E-state index in [9.17, 15) is 15.4 Å². The maximum atomic E-state index is 11.5. The standard InChI is InChI=1S/C24H16N4O3/c25-15-21-20(16-7-6-10-18(13-16)31-17-8-2-1-3-9-17)14-22(27-24(21)26)19-11-4-5-12-23(19)28(29)30/h1-14H,(H2,26,27). The van der Waals surface area contributed by atoms with E-state index in [2.05, 4.69) is 11.1 Å². The number of para-hydroxylation sites is 2. The Morgan fingerprint density at radius 3 is 2.35 bits per heavy atom. The summed E-state index contributed by atoms with van der Waals surface area (Å²) in [5, 5.41) is 21.1. The average molecular weight is 408 g/mol. The molecule has 0 atom stereocenters. The smallest absolute Gasteiger partial charge is 0.278 e. The topological polar surface area (TPSA) is 115 Å². The molecule has 1 heterocycles. The third-order valence-electron chi connectivity index (χ3n) is 4.66. The molecule has 4 aromatic rings. The molecule has 0 aliphatic carbocycles. The van der Waals surface area contributed by atoms with Crippen molar-refractivity contribution >= 4 is 11.5 Å². The monoisotopic (exact) mass is 408 g/mol. The van der Waals surface area contributed by atoms with Gasteiger partial charge in [0.2, 0.25) is 0 Å². The van der Waals surface area contributed by atoms with Crippen LogP contribution in [0, 0.1) is 21.4 Å². The third-order valence-corrected chi connectivity index (χ3v) is 4.66. The van der Waals surface area contributed by atoms with Crippen LogP contribution < -0.4 is 10.5 Å². The number of nitrogens with zero attached hydrogens (tertiary/aromatic N) is 3. The van der Waals surface area contributed by atoms with Gasteiger partial charge < -0.3 is 10.5 Å². The van der Waals surface area contributed by atoms with E-state index in [4.69, 9.17) is 10.5 Å². The molecule has 0 amide bonds. The molecule has 0 aliphatic heterocycles. The number of anilines is 1. The zero-order valence-electron chi connectivity index (χ0n) is 16.2. The highest BCUT2D eigenvalue weighted by atomic mass is 16.6. The summed E-state index contributed by atoms with van der Waals surface area (Å²) >= 11 is 0. The van der Waals surface area contributed by atoms with Crippen molar-refractivity contribution in [3.05, 3.63) is 101 Å². The van der Waals surface area contributed by atoms with Gasteiger partial charge in [-0.05, 0) is 42.0 Å². The number of nitriles is 1. The first kappa shape index (κ1) is 19.6. The normalized spacial score (nSPS) is 10.3. The molecule has 4 rings (SSSR count). The summed E-state index contributed by atoms with van der Waals surface area (Å²) in [4.78, 5) is 15.2. The minimum atomic E-state index is -0.473. The number of hydrogen-bond donors (Lipinski definition) is 1. The van der Waals surface area contributed by atoms with Gasteiger partial charge in [0, 0.05) is 11.6 Å². The molecule has 0 fully saturated rings. The number of nitrogen functional groups attached to an aromatic ring is 1. The number of nitrogens with two attached hydrogens (primary N) is 1. The van der Waals surface area contributed by atoms with Crippen LogP contribution in [-0.4, -0.2) is 9.91 Å². The fourth-order valence-corrected chi connectivity index (χ4v) is 3.25. The molecule has 0 saturated carbocycles. The van der Waals surface area contributed by atoms with Crippen LogP contribution in [0.4, 0.5) is 11.5 Å². The Bertz CT molecular complexity index is 1310. The van der Waals surface area contributed by atoms with E-state index in [-0.39, 0.29) is 17.1 Å². The van der Waals surface area contributed by atoms with Crippen molar-refractivity contribution in [2.24, 2.45) is 0 Å². The summed E-state index contributed by atoms with van der Waals surface area (Å²) in [6.07, 6.45) is 0. The van der Waals surface area contributed by atoms with E-state index in [0.29, 0.717) is 33.9 Å². The van der Waals surface area contributed by atoms with Gasteiger partial charge in [0.15, 0.2) is 0 Å². The molecule has 2 N–H and O–H groups in total. The van der Waals surface area contributed by atoms with Crippen molar-refractivity contribution in [2.45, 2.75) is 0 Å². The molecule has 3 aromatic carbocycles. The van der Waals surface area contributed by atoms with E-state index in [1.165, 1.54) is 6.07 Å². The molecule has 0 aliphatic rings. The van der Waals surface area contributed by atoms with Crippen molar-refractivity contribution < 1.29 is 9.66 Å². The lowest BCUT2D eigenvalue weighted by atomic mass is 9.98. The Labute approximate surface area is 178 Å². The van der Waals surface area contributed by atoms with Crippen molar-refractivity contribution in [1.82, 2.24) is 4.98 Å². The molecular formula is C24H16N4O3. The van der Waals surface area contributed by atoms with Gasteiger partial charge in [-0.1, -0.05) is 42.5 Å². The highest BCUT2D eigenvalue weighted by molar-refractivity contribution is 5.82. The number of benzene rings is 3. The fourth-order valence-electron chi connectivity index (χ4n) is 3.25. The Kier molecular flexibility index (Phi) is 5.28. The molecule has 0 saturated heterocycles. The summed E-state index contributed by atoms with van der Waals surface area (Å²) in [6, 6.07) is 26.5. The van der Waals surface area contributed by atoms with Gasteiger partial charge in [-0.15, -0.1) is 0 Å². The summed E-state index contributed by atoms with van der Waals surface area (Å²) in [7, 11) is 0. The van der Waals surface area contributed by atoms with E-state index >= 15 is 0 Å². The molecule has 0 unspecified atom stereocenters. The zero-order chi connectivity index (χ0) is 21.8. The van der Waals surface area contributed by atoms with Crippen molar-refractivity contribution in [1.29, 1.82) is 5.26 Å². The van der Waals surface area contributed by atoms with Gasteiger partial charge in [-0.2, -0.15) is 5.26 Å². The number of aromatic nitrogens is 1. The van der Waals surface area contributed by atoms with Crippen LogP contribution in [0.3, 0.4) is 0 Å². The quantitative estimate of drug-likeness (QED) is 0.341. The molecule has 7 heteroatoms. The van der Waals surface area contributed by atoms with Crippen LogP contribution in [-0.2, 0) is 0 Å². The molecule has 0 radical (unpaired) electrons. The second kappa shape index (κ2) is 8.35. The van der Waals surface area contributed by atoms with Gasteiger partial charge in [-0.3, -0.25) is 10.1 Å². The van der Waals surface area contributed by atoms with E-state index in [1.807, 2.05) is 36.4 Å². The Morgan fingerprint density at radius 1 is 0.903 bits per heavy atom. The van der Waals surface area contributed by atoms with Crippen LogP contribution in [0.15, 0.2) is 84.9 Å². The van der Waals surface area contributed by atoms with Crippen LogP contribution in [0.5, 0.6) is 11.5 Å². The molecule has 150 valence electrons. The molecular weight excluding hydrogens is 392 g/mol. The predicted octanol–water partition coefficient (Wildman–Crippen LogP) is 5.57. The second-order valence-corrected chi connectivity index (χ2v) is 6.64. The van der Waals surface area contributed by atoms with Crippen molar-refractivity contribution in [3.8, 4) is 40.0 Å². The first-order valence-corrected chi connectivity index (χ1v) is 9.34. The van der Waals surface area contributed by atoms with Gasteiger partial charge >= 0.3 is 0 Å². The number of pyridine rings is 1. The lowest BCUT2D eigenvalue weighted by Gasteiger charge is -2.12. The first-order valence-electron chi connectivity index (χ1n) is 9.34. The van der Waals surface area contributed by atoms with Gasteiger partial charge in [-0.25, -0.2) is 4.98 Å². The van der Waals surface area contributed by atoms with E-state index in [0.717, 1.165) is 0 Å². The molecule has 0 bridgehead atoms. The van der Waals surface area contributed by atoms with Crippen LogP contribution >= 0.6 is 0 Å². The number of hydrogen-bond acceptors (Lipinski definition) is 6. The number of nitro benzene ring substituents is 1. The van der Waals surface area contributed by atoms with Gasteiger partial charge in [0.1, 0.15) is 28.9 Å². The van der Waals surface area contributed by atoms with E-state index < -0.39 is 4.92 Å². The molecule has 31 heavy (non-hydrogen) atoms. The minimum absolute atomic E-state index is 0.00234. The fraction of sp³-hybridized carbons (Fsp3) is 0. The maximum absolute atomic E-state index is 11.5. The largest absolute Gasteiger partial charge is 0.457 e. The average Bonchev–Trinajstić information content (AvgIpc) is 2.79. The lowest BCUT2D eigenvalue weighted by molar-refractivity contribution is -0.384. The number of nitro groups is 1. The van der Waals surface area contributed by atoms with Crippen LogP contribution in [0.1, 0.15) is 5.56 Å². The highest BCUT2D eigenvalue weighted by Crippen LogP contribution is 2.36. The van der Waals surface area contributed by atoms with Gasteiger partial charge in [0.05, 0.1) is 16.2 Å². The Hall–Kier alpha value is -4.70. The molecule has 0 spiro atoms. The third kappa shape index (κ3) is 4.04. The van der Waals surface area contributed by atoms with E-state index in [1.54, 1.807) is 42.5 Å². The predicted molar refractivity (Wildman–Crippen MR) is 117 cm³/mol. The van der Waals surface area contributed by atoms with Crippen molar-refractivity contribution in [2.75, 3.05) is 5.73 Å². The maximum Gasteiger partial charge on any atom is 0.278 e. The zero-order valence-corrected chi connectivity index (χ0v) is 16.2. The summed E-state index contributed by atoms with van der Waals surface area (Å²) in [6.45, 7) is 0. The van der Waals surface area contributed by atoms with Gasteiger partial charge in [0.25, 0.3) is 5.69 Å². The number of ether oxygens (including phenoxy) is 1. The molecule has 7 nitrogen and oxygen atoms in total. The Balaban J connectivity index is 1.83.